The predicted molar refractivity (Wildman–Crippen MR) is 125 cm³/mol. The van der Waals surface area contributed by atoms with Crippen molar-refractivity contribution in [3.63, 3.8) is 0 Å². The first-order valence-corrected chi connectivity index (χ1v) is 10.9. The van der Waals surface area contributed by atoms with Gasteiger partial charge < -0.3 is 4.90 Å². The third-order valence-corrected chi connectivity index (χ3v) is 6.27. The van der Waals surface area contributed by atoms with Gasteiger partial charge in [0.25, 0.3) is 0 Å². The van der Waals surface area contributed by atoms with Crippen LogP contribution < -0.4 is 4.90 Å². The van der Waals surface area contributed by atoms with Crippen molar-refractivity contribution in [3.05, 3.63) is 76.9 Å². The second-order valence-electron chi connectivity index (χ2n) is 8.36. The van der Waals surface area contributed by atoms with Crippen LogP contribution in [0.5, 0.6) is 0 Å². The molecule has 4 aromatic rings. The van der Waals surface area contributed by atoms with E-state index < -0.39 is 0 Å². The summed E-state index contributed by atoms with van der Waals surface area (Å²) in [4.78, 5) is 9.69. The highest BCUT2D eigenvalue weighted by Crippen LogP contribution is 2.29. The topological polar surface area (TPSA) is 71.4 Å². The zero-order chi connectivity index (χ0) is 22.1. The first kappa shape index (κ1) is 20.1. The van der Waals surface area contributed by atoms with E-state index in [0.29, 0.717) is 11.1 Å². The van der Waals surface area contributed by atoms with E-state index in [2.05, 4.69) is 38.5 Å². The number of imidazole rings is 1. The minimum absolute atomic E-state index is 0.641. The van der Waals surface area contributed by atoms with Crippen molar-refractivity contribution < 1.29 is 0 Å². The molecule has 0 N–H and O–H groups in total. The largest absolute Gasteiger partial charge is 0.356 e. The summed E-state index contributed by atoms with van der Waals surface area (Å²) in [5.74, 6) is 1.10. The van der Waals surface area contributed by atoms with Crippen molar-refractivity contribution in [3.8, 4) is 12.1 Å². The Balaban J connectivity index is 1.45. The number of aromatic nitrogens is 2. The number of hydrogen-bond acceptors (Lipinski definition) is 5. The van der Waals surface area contributed by atoms with Crippen LogP contribution in [0.1, 0.15) is 28.7 Å². The van der Waals surface area contributed by atoms with Gasteiger partial charge in [-0.2, -0.15) is 10.5 Å². The van der Waals surface area contributed by atoms with Crippen molar-refractivity contribution in [1.29, 1.82) is 10.5 Å². The number of fused-ring (bicyclic) bond motifs is 3. The van der Waals surface area contributed by atoms with Crippen molar-refractivity contribution in [2.45, 2.75) is 19.9 Å². The second-order valence-corrected chi connectivity index (χ2v) is 8.36. The number of aryl methyl sites for hydroxylation is 1. The van der Waals surface area contributed by atoms with E-state index in [1.54, 1.807) is 0 Å². The highest BCUT2D eigenvalue weighted by molar-refractivity contribution is 5.85. The molecule has 0 atom stereocenters. The number of hydrogen-bond donors (Lipinski definition) is 0. The standard InChI is InChI=1S/C26H24N6/c1-19-15-25(32-24-6-3-2-5-23(24)29-26(32)22(19)17-28)31-12-4-11-30(13-14-31)18-21-9-7-20(16-27)8-10-21/h2-3,5-10,15H,4,11-14,18H2,1H3. The molecular formula is C26H24N6. The molecule has 0 spiro atoms. The van der Waals surface area contributed by atoms with Crippen LogP contribution in [0.3, 0.4) is 0 Å². The molecule has 32 heavy (non-hydrogen) atoms. The molecule has 1 aliphatic heterocycles. The fourth-order valence-corrected chi connectivity index (χ4v) is 4.60. The molecular weight excluding hydrogens is 396 g/mol. The smallest absolute Gasteiger partial charge is 0.157 e. The molecule has 2 aromatic heterocycles. The van der Waals surface area contributed by atoms with Crippen molar-refractivity contribution in [2.24, 2.45) is 0 Å². The van der Waals surface area contributed by atoms with Gasteiger partial charge >= 0.3 is 0 Å². The summed E-state index contributed by atoms with van der Waals surface area (Å²) in [5, 5.41) is 18.8. The first-order chi connectivity index (χ1) is 15.7. The van der Waals surface area contributed by atoms with Gasteiger partial charge in [0.05, 0.1) is 28.2 Å². The molecule has 0 radical (unpaired) electrons. The average molecular weight is 421 g/mol. The van der Waals surface area contributed by atoms with Crippen LogP contribution in [0.25, 0.3) is 16.7 Å². The monoisotopic (exact) mass is 420 g/mol. The highest BCUT2D eigenvalue weighted by Gasteiger charge is 2.21. The van der Waals surface area contributed by atoms with Crippen LogP contribution >= 0.6 is 0 Å². The Morgan fingerprint density at radius 1 is 0.938 bits per heavy atom. The molecule has 0 saturated carbocycles. The van der Waals surface area contributed by atoms with Crippen LogP contribution in [0, 0.1) is 29.6 Å². The molecule has 0 unspecified atom stereocenters. The number of benzene rings is 2. The summed E-state index contributed by atoms with van der Waals surface area (Å²) >= 11 is 0. The lowest BCUT2D eigenvalue weighted by Crippen LogP contribution is -2.31. The van der Waals surface area contributed by atoms with Gasteiger partial charge in [-0.25, -0.2) is 4.98 Å². The molecule has 5 rings (SSSR count). The minimum atomic E-state index is 0.641. The maximum atomic E-state index is 9.75. The second kappa shape index (κ2) is 8.34. The van der Waals surface area contributed by atoms with Crippen molar-refractivity contribution >= 4 is 22.5 Å². The fourth-order valence-electron chi connectivity index (χ4n) is 4.60. The van der Waals surface area contributed by atoms with Crippen LogP contribution in [-0.2, 0) is 6.54 Å². The van der Waals surface area contributed by atoms with E-state index in [1.165, 1.54) is 5.56 Å². The Hall–Kier alpha value is -3.87. The summed E-state index contributed by atoms with van der Waals surface area (Å²) in [6.45, 7) is 6.72. The van der Waals surface area contributed by atoms with Crippen LogP contribution in [0.4, 0.5) is 5.82 Å². The minimum Gasteiger partial charge on any atom is -0.356 e. The number of anilines is 1. The number of para-hydroxylation sites is 2. The molecule has 6 heteroatoms. The number of pyridine rings is 1. The van der Waals surface area contributed by atoms with Crippen LogP contribution in [0.2, 0.25) is 0 Å². The maximum absolute atomic E-state index is 9.75. The van der Waals surface area contributed by atoms with E-state index in [-0.39, 0.29) is 0 Å². The Kier molecular flexibility index (Phi) is 5.23. The molecule has 0 aliphatic carbocycles. The molecule has 6 nitrogen and oxygen atoms in total. The Morgan fingerprint density at radius 3 is 2.53 bits per heavy atom. The summed E-state index contributed by atoms with van der Waals surface area (Å²) in [6.07, 6.45) is 1.06. The van der Waals surface area contributed by atoms with Crippen molar-refractivity contribution in [2.75, 3.05) is 31.1 Å². The van der Waals surface area contributed by atoms with Gasteiger partial charge in [-0.3, -0.25) is 9.30 Å². The zero-order valence-corrected chi connectivity index (χ0v) is 18.1. The molecule has 2 aromatic carbocycles. The van der Waals surface area contributed by atoms with Gasteiger partial charge in [0, 0.05) is 32.7 Å². The average Bonchev–Trinajstić information content (AvgIpc) is 3.04. The van der Waals surface area contributed by atoms with Gasteiger partial charge in [0.2, 0.25) is 0 Å². The lowest BCUT2D eigenvalue weighted by atomic mass is 10.1. The SMILES string of the molecule is Cc1cc(N2CCCN(Cc3ccc(C#N)cc3)CC2)n2c(nc3ccccc32)c1C#N. The Labute approximate surface area is 187 Å². The lowest BCUT2D eigenvalue weighted by Gasteiger charge is -2.25. The molecule has 1 aliphatic rings. The predicted octanol–water partition coefficient (Wildman–Crippen LogP) is 4.25. The summed E-state index contributed by atoms with van der Waals surface area (Å²) in [7, 11) is 0. The molecule has 0 bridgehead atoms. The van der Waals surface area contributed by atoms with E-state index in [1.807, 2.05) is 49.4 Å². The van der Waals surface area contributed by atoms with Gasteiger partial charge in [0.15, 0.2) is 5.65 Å². The van der Waals surface area contributed by atoms with E-state index in [4.69, 9.17) is 10.2 Å². The third kappa shape index (κ3) is 3.56. The highest BCUT2D eigenvalue weighted by atomic mass is 15.3. The Morgan fingerprint density at radius 2 is 1.75 bits per heavy atom. The van der Waals surface area contributed by atoms with Crippen LogP contribution in [0.15, 0.2) is 54.6 Å². The number of nitriles is 2. The van der Waals surface area contributed by atoms with Gasteiger partial charge in [-0.1, -0.05) is 24.3 Å². The lowest BCUT2D eigenvalue weighted by molar-refractivity contribution is 0.285. The summed E-state index contributed by atoms with van der Waals surface area (Å²) in [5.41, 5.74) is 6.22. The third-order valence-electron chi connectivity index (χ3n) is 6.27. The molecule has 3 heterocycles. The van der Waals surface area contributed by atoms with Gasteiger partial charge in [-0.05, 0) is 54.8 Å². The van der Waals surface area contributed by atoms with Gasteiger partial charge in [-0.15, -0.1) is 0 Å². The Bertz CT molecular complexity index is 1370. The fraction of sp³-hybridized carbons (Fsp3) is 0.269. The molecule has 158 valence electrons. The maximum Gasteiger partial charge on any atom is 0.157 e. The van der Waals surface area contributed by atoms with E-state index in [9.17, 15) is 5.26 Å². The zero-order valence-electron chi connectivity index (χ0n) is 18.1. The van der Waals surface area contributed by atoms with Crippen molar-refractivity contribution in [1.82, 2.24) is 14.3 Å². The molecule has 0 amide bonds. The normalized spacial score (nSPS) is 14.9. The molecule has 1 fully saturated rings. The van der Waals surface area contributed by atoms with Gasteiger partial charge in [0.1, 0.15) is 11.9 Å². The quantitative estimate of drug-likeness (QED) is 0.495. The van der Waals surface area contributed by atoms with Crippen LogP contribution in [-0.4, -0.2) is 40.5 Å². The summed E-state index contributed by atoms with van der Waals surface area (Å²) in [6, 6.07) is 22.6. The summed E-state index contributed by atoms with van der Waals surface area (Å²) < 4.78 is 2.15. The number of nitrogens with zero attached hydrogens (tertiary/aromatic N) is 6. The van der Waals surface area contributed by atoms with E-state index in [0.717, 1.165) is 67.2 Å². The van der Waals surface area contributed by atoms with E-state index >= 15 is 0 Å². The number of rotatable bonds is 3. The molecule has 1 saturated heterocycles. The first-order valence-electron chi connectivity index (χ1n) is 10.9.